The lowest BCUT2D eigenvalue weighted by Crippen LogP contribution is -2.26. The van der Waals surface area contributed by atoms with Crippen LogP contribution in [0, 0.1) is 0 Å². The van der Waals surface area contributed by atoms with Gasteiger partial charge in [-0.25, -0.2) is 0 Å². The van der Waals surface area contributed by atoms with E-state index in [2.05, 4.69) is 10.3 Å². The highest BCUT2D eigenvalue weighted by atomic mass is 32.2. The van der Waals surface area contributed by atoms with E-state index in [9.17, 15) is 14.7 Å². The molecule has 0 aliphatic heterocycles. The third-order valence-corrected chi connectivity index (χ3v) is 4.47. The summed E-state index contributed by atoms with van der Waals surface area (Å²) in [5.41, 5.74) is 0.934. The van der Waals surface area contributed by atoms with Crippen molar-refractivity contribution in [3.05, 3.63) is 70.0 Å². The number of aliphatic hydroxyl groups excluding tert-OH is 1. The highest BCUT2D eigenvalue weighted by Gasteiger charge is 2.19. The fourth-order valence-corrected chi connectivity index (χ4v) is 3.02. The molecule has 0 aliphatic rings. The predicted molar refractivity (Wildman–Crippen MR) is 96.7 cm³/mol. The van der Waals surface area contributed by atoms with Crippen molar-refractivity contribution in [1.82, 2.24) is 4.98 Å². The van der Waals surface area contributed by atoms with Crippen LogP contribution < -0.4 is 10.9 Å². The molecule has 1 aromatic heterocycles. The Balaban J connectivity index is 2.14. The minimum absolute atomic E-state index is 0.0629. The molecule has 5 nitrogen and oxygen atoms in total. The van der Waals surface area contributed by atoms with Crippen LogP contribution in [0.1, 0.15) is 15.9 Å². The molecule has 0 bridgehead atoms. The van der Waals surface area contributed by atoms with Crippen molar-refractivity contribution in [2.24, 2.45) is 0 Å². The second-order valence-electron chi connectivity index (χ2n) is 5.20. The molecule has 1 amide bonds. The molecule has 0 radical (unpaired) electrons. The van der Waals surface area contributed by atoms with E-state index >= 15 is 0 Å². The predicted octanol–water partition coefficient (Wildman–Crippen LogP) is 2.99. The third kappa shape index (κ3) is 3.06. The van der Waals surface area contributed by atoms with Gasteiger partial charge in [-0.2, -0.15) is 0 Å². The molecule has 1 heterocycles. The van der Waals surface area contributed by atoms with Crippen LogP contribution in [0.4, 0.5) is 5.69 Å². The fraction of sp³-hybridized carbons (Fsp3) is 0.111. The van der Waals surface area contributed by atoms with Crippen molar-refractivity contribution in [3.63, 3.8) is 0 Å². The minimum Gasteiger partial charge on any atom is -0.392 e. The van der Waals surface area contributed by atoms with E-state index < -0.39 is 18.1 Å². The summed E-state index contributed by atoms with van der Waals surface area (Å²) in [5.74, 6) is -0.539. The number of benzene rings is 2. The highest BCUT2D eigenvalue weighted by Crippen LogP contribution is 2.24. The number of aromatic nitrogens is 1. The molecular formula is C18H16N2O3S. The van der Waals surface area contributed by atoms with Gasteiger partial charge in [0.2, 0.25) is 0 Å². The van der Waals surface area contributed by atoms with Gasteiger partial charge < -0.3 is 15.4 Å². The molecule has 3 aromatic rings. The van der Waals surface area contributed by atoms with Crippen molar-refractivity contribution in [2.75, 3.05) is 11.6 Å². The molecule has 0 saturated carbocycles. The molecular weight excluding hydrogens is 324 g/mol. The number of amides is 1. The average Bonchev–Trinajstić information content (AvgIpc) is 2.60. The van der Waals surface area contributed by atoms with E-state index in [1.54, 1.807) is 42.1 Å². The molecule has 0 spiro atoms. The number of nitrogens with one attached hydrogen (secondary N) is 2. The van der Waals surface area contributed by atoms with Crippen molar-refractivity contribution < 1.29 is 9.90 Å². The van der Waals surface area contributed by atoms with E-state index in [1.165, 1.54) is 0 Å². The Kier molecular flexibility index (Phi) is 4.69. The number of H-pyrrole nitrogens is 1. The van der Waals surface area contributed by atoms with Gasteiger partial charge >= 0.3 is 0 Å². The summed E-state index contributed by atoms with van der Waals surface area (Å²) in [7, 11) is 0. The van der Waals surface area contributed by atoms with Gasteiger partial charge in [-0.3, -0.25) is 9.59 Å². The molecule has 0 saturated heterocycles. The summed E-state index contributed by atoms with van der Waals surface area (Å²) >= 11 is 1.55. The Morgan fingerprint density at radius 2 is 1.96 bits per heavy atom. The van der Waals surface area contributed by atoms with E-state index in [-0.39, 0.29) is 5.56 Å². The second-order valence-corrected chi connectivity index (χ2v) is 6.08. The Hall–Kier alpha value is -2.57. The molecule has 3 N–H and O–H groups in total. The Morgan fingerprint density at radius 1 is 1.21 bits per heavy atom. The van der Waals surface area contributed by atoms with Crippen LogP contribution in [0.5, 0.6) is 0 Å². The molecule has 0 fully saturated rings. The van der Waals surface area contributed by atoms with Gasteiger partial charge in [-0.15, -0.1) is 11.8 Å². The van der Waals surface area contributed by atoms with Crippen LogP contribution in [0.25, 0.3) is 10.9 Å². The first-order valence-corrected chi connectivity index (χ1v) is 8.56. The standard InChI is InChI=1S/C18H16N2O3S/c1-24-12-7-8-15-13(9-12)14(10-21)16(18(23)20-15)17(22)19-11-5-3-2-4-6-11/h2-9,21H,10H2,1H3,(H,19,22)(H,20,23). The van der Waals surface area contributed by atoms with Crippen LogP contribution in [0.2, 0.25) is 0 Å². The summed E-state index contributed by atoms with van der Waals surface area (Å²) < 4.78 is 0. The van der Waals surface area contributed by atoms with Crippen LogP contribution in [0.15, 0.2) is 58.2 Å². The van der Waals surface area contributed by atoms with E-state index in [4.69, 9.17) is 0 Å². The summed E-state index contributed by atoms with van der Waals surface area (Å²) in [6.45, 7) is -0.393. The zero-order valence-electron chi connectivity index (χ0n) is 13.0. The van der Waals surface area contributed by atoms with Gasteiger partial charge in [-0.1, -0.05) is 18.2 Å². The minimum atomic E-state index is -0.539. The number of hydrogen-bond acceptors (Lipinski definition) is 4. The van der Waals surface area contributed by atoms with Crippen molar-refractivity contribution in [1.29, 1.82) is 0 Å². The zero-order valence-corrected chi connectivity index (χ0v) is 13.8. The summed E-state index contributed by atoms with van der Waals surface area (Å²) in [6, 6.07) is 14.4. The van der Waals surface area contributed by atoms with Crippen molar-refractivity contribution in [2.45, 2.75) is 11.5 Å². The molecule has 122 valence electrons. The number of aromatic amines is 1. The topological polar surface area (TPSA) is 82.2 Å². The zero-order chi connectivity index (χ0) is 17.1. The lowest BCUT2D eigenvalue weighted by molar-refractivity contribution is 0.102. The SMILES string of the molecule is CSc1ccc2[nH]c(=O)c(C(=O)Nc3ccccc3)c(CO)c2c1. The first-order chi connectivity index (χ1) is 11.6. The van der Waals surface area contributed by atoms with E-state index in [0.29, 0.717) is 22.2 Å². The molecule has 3 rings (SSSR count). The van der Waals surface area contributed by atoms with Gasteiger partial charge in [0.15, 0.2) is 0 Å². The van der Waals surface area contributed by atoms with E-state index in [0.717, 1.165) is 4.90 Å². The van der Waals surface area contributed by atoms with Gasteiger partial charge in [0.05, 0.1) is 6.61 Å². The Bertz CT molecular complexity index is 952. The molecule has 24 heavy (non-hydrogen) atoms. The number of anilines is 1. The number of thioether (sulfide) groups is 1. The van der Waals surface area contributed by atoms with Gasteiger partial charge in [0, 0.05) is 27.0 Å². The Labute approximate surface area is 142 Å². The summed E-state index contributed by atoms with van der Waals surface area (Å²) in [4.78, 5) is 28.6. The van der Waals surface area contributed by atoms with Crippen LogP contribution in [-0.4, -0.2) is 22.3 Å². The maximum atomic E-state index is 12.6. The third-order valence-electron chi connectivity index (χ3n) is 3.75. The van der Waals surface area contributed by atoms with Crippen molar-refractivity contribution >= 4 is 34.3 Å². The molecule has 2 aromatic carbocycles. The second kappa shape index (κ2) is 6.90. The van der Waals surface area contributed by atoms with Gasteiger partial charge in [-0.05, 0) is 36.6 Å². The maximum absolute atomic E-state index is 12.6. The number of fused-ring (bicyclic) bond motifs is 1. The summed E-state index contributed by atoms with van der Waals surface area (Å²) in [6.07, 6.45) is 1.94. The number of carbonyl (C=O) groups excluding carboxylic acids is 1. The molecule has 0 atom stereocenters. The summed E-state index contributed by atoms with van der Waals surface area (Å²) in [5, 5.41) is 13.1. The molecule has 0 unspecified atom stereocenters. The van der Waals surface area contributed by atoms with Gasteiger partial charge in [0.1, 0.15) is 5.56 Å². The van der Waals surface area contributed by atoms with Crippen LogP contribution in [-0.2, 0) is 6.61 Å². The number of aliphatic hydroxyl groups is 1. The van der Waals surface area contributed by atoms with E-state index in [1.807, 2.05) is 24.5 Å². The largest absolute Gasteiger partial charge is 0.392 e. The van der Waals surface area contributed by atoms with Crippen LogP contribution >= 0.6 is 11.8 Å². The fourth-order valence-electron chi connectivity index (χ4n) is 2.59. The quantitative estimate of drug-likeness (QED) is 0.638. The number of rotatable bonds is 4. The number of para-hydroxylation sites is 1. The van der Waals surface area contributed by atoms with Crippen LogP contribution in [0.3, 0.4) is 0 Å². The smallest absolute Gasteiger partial charge is 0.261 e. The highest BCUT2D eigenvalue weighted by molar-refractivity contribution is 7.98. The Morgan fingerprint density at radius 3 is 2.62 bits per heavy atom. The normalized spacial score (nSPS) is 10.8. The molecule has 0 aliphatic carbocycles. The molecule has 6 heteroatoms. The first kappa shape index (κ1) is 16.3. The monoisotopic (exact) mass is 340 g/mol. The first-order valence-electron chi connectivity index (χ1n) is 7.34. The average molecular weight is 340 g/mol. The maximum Gasteiger partial charge on any atom is 0.261 e. The lowest BCUT2D eigenvalue weighted by Gasteiger charge is -2.12. The number of carbonyl (C=O) groups is 1. The van der Waals surface area contributed by atoms with Crippen molar-refractivity contribution in [3.8, 4) is 0 Å². The number of pyridine rings is 1. The number of hydrogen-bond donors (Lipinski definition) is 3. The van der Waals surface area contributed by atoms with Gasteiger partial charge in [0.25, 0.3) is 11.5 Å². The lowest BCUT2D eigenvalue weighted by atomic mass is 10.0.